The maximum absolute atomic E-state index is 6.07. The Labute approximate surface area is 121 Å². The zero-order valence-electron chi connectivity index (χ0n) is 12.0. The molecule has 0 aliphatic carbocycles. The quantitative estimate of drug-likeness (QED) is 0.720. The molecule has 0 aliphatic rings. The number of ether oxygens (including phenoxy) is 1. The van der Waals surface area contributed by atoms with Crippen molar-refractivity contribution < 1.29 is 4.74 Å². The van der Waals surface area contributed by atoms with Gasteiger partial charge in [-0.15, -0.1) is 5.10 Å². The number of aryl methyl sites for hydroxylation is 2. The summed E-state index contributed by atoms with van der Waals surface area (Å²) in [7, 11) is 3.43. The molecule has 2 aromatic heterocycles. The van der Waals surface area contributed by atoms with Gasteiger partial charge in [-0.3, -0.25) is 4.68 Å². The minimum Gasteiger partial charge on any atom is -0.496 e. The van der Waals surface area contributed by atoms with E-state index in [0.717, 1.165) is 11.4 Å². The van der Waals surface area contributed by atoms with Crippen LogP contribution in [0.25, 0.3) is 17.1 Å². The summed E-state index contributed by atoms with van der Waals surface area (Å²) >= 11 is 0. The van der Waals surface area contributed by atoms with Crippen LogP contribution in [0.3, 0.4) is 0 Å². The molecule has 1 aromatic carbocycles. The Balaban J connectivity index is 2.23. The molecule has 0 unspecified atom stereocenters. The summed E-state index contributed by atoms with van der Waals surface area (Å²) in [5.41, 5.74) is 8.89. The minimum atomic E-state index is 0.515. The molecule has 3 rings (SSSR count). The minimum absolute atomic E-state index is 0.515. The van der Waals surface area contributed by atoms with Gasteiger partial charge in [0.15, 0.2) is 5.82 Å². The van der Waals surface area contributed by atoms with Crippen molar-refractivity contribution in [3.63, 3.8) is 0 Å². The number of hydrogen-bond donors (Lipinski definition) is 1. The van der Waals surface area contributed by atoms with Gasteiger partial charge in [-0.1, -0.05) is 6.07 Å². The van der Waals surface area contributed by atoms with Gasteiger partial charge in [-0.25, -0.2) is 0 Å². The van der Waals surface area contributed by atoms with E-state index in [4.69, 9.17) is 10.5 Å². The molecule has 2 heterocycles. The molecule has 0 amide bonds. The van der Waals surface area contributed by atoms with E-state index in [2.05, 4.69) is 20.6 Å². The maximum atomic E-state index is 6.07. The number of benzene rings is 1. The molecule has 0 atom stereocenters. The lowest BCUT2D eigenvalue weighted by Crippen LogP contribution is -2.03. The van der Waals surface area contributed by atoms with Crippen molar-refractivity contribution in [2.45, 2.75) is 6.92 Å². The van der Waals surface area contributed by atoms with Crippen molar-refractivity contribution in [3.8, 4) is 22.8 Å². The van der Waals surface area contributed by atoms with E-state index in [9.17, 15) is 0 Å². The standard InChI is InChI=1S/C13H15N7O/c1-8-10(7-19(2)16-8)20-13(15-17-18-20)12-9(14)5-4-6-11(12)21-3/h4-7H,14H2,1-3H3. The second-order valence-electron chi connectivity index (χ2n) is 4.61. The number of aromatic nitrogens is 6. The second-order valence-corrected chi connectivity index (χ2v) is 4.61. The van der Waals surface area contributed by atoms with Crippen molar-refractivity contribution in [1.29, 1.82) is 0 Å². The molecule has 0 aliphatic heterocycles. The molecule has 21 heavy (non-hydrogen) atoms. The van der Waals surface area contributed by atoms with E-state index in [1.165, 1.54) is 0 Å². The van der Waals surface area contributed by atoms with Gasteiger partial charge in [0.2, 0.25) is 0 Å². The van der Waals surface area contributed by atoms with Crippen LogP contribution in [0.2, 0.25) is 0 Å². The first-order valence-corrected chi connectivity index (χ1v) is 6.33. The van der Waals surface area contributed by atoms with Crippen molar-refractivity contribution in [2.75, 3.05) is 12.8 Å². The normalized spacial score (nSPS) is 10.8. The smallest absolute Gasteiger partial charge is 0.193 e. The van der Waals surface area contributed by atoms with Gasteiger partial charge >= 0.3 is 0 Å². The van der Waals surface area contributed by atoms with Gasteiger partial charge in [0.05, 0.1) is 24.6 Å². The molecule has 0 bridgehead atoms. The molecule has 8 nitrogen and oxygen atoms in total. The summed E-state index contributed by atoms with van der Waals surface area (Å²) in [5, 5.41) is 16.2. The zero-order chi connectivity index (χ0) is 15.0. The molecule has 108 valence electrons. The first-order chi connectivity index (χ1) is 10.1. The fourth-order valence-corrected chi connectivity index (χ4v) is 2.26. The van der Waals surface area contributed by atoms with Gasteiger partial charge < -0.3 is 10.5 Å². The van der Waals surface area contributed by atoms with Crippen LogP contribution in [0.5, 0.6) is 5.75 Å². The van der Waals surface area contributed by atoms with E-state index in [0.29, 0.717) is 22.8 Å². The Morgan fingerprint density at radius 1 is 1.29 bits per heavy atom. The predicted molar refractivity (Wildman–Crippen MR) is 77.1 cm³/mol. The van der Waals surface area contributed by atoms with E-state index in [-0.39, 0.29) is 0 Å². The fraction of sp³-hybridized carbons (Fsp3) is 0.231. The van der Waals surface area contributed by atoms with Gasteiger partial charge in [0.1, 0.15) is 11.4 Å². The van der Waals surface area contributed by atoms with Gasteiger partial charge in [-0.2, -0.15) is 9.78 Å². The Kier molecular flexibility index (Phi) is 3.05. The number of tetrazole rings is 1. The highest BCUT2D eigenvalue weighted by Crippen LogP contribution is 2.34. The molecule has 0 radical (unpaired) electrons. The fourth-order valence-electron chi connectivity index (χ4n) is 2.26. The molecule has 3 aromatic rings. The lowest BCUT2D eigenvalue weighted by atomic mass is 10.1. The monoisotopic (exact) mass is 285 g/mol. The zero-order valence-corrected chi connectivity index (χ0v) is 12.0. The van der Waals surface area contributed by atoms with E-state index in [1.54, 1.807) is 22.5 Å². The molecular formula is C13H15N7O. The van der Waals surface area contributed by atoms with Gasteiger partial charge in [0, 0.05) is 12.7 Å². The van der Waals surface area contributed by atoms with Crippen LogP contribution >= 0.6 is 0 Å². The molecule has 0 saturated heterocycles. The Morgan fingerprint density at radius 2 is 2.10 bits per heavy atom. The highest BCUT2D eigenvalue weighted by atomic mass is 16.5. The summed E-state index contributed by atoms with van der Waals surface area (Å²) in [6.07, 6.45) is 1.85. The van der Waals surface area contributed by atoms with Crippen LogP contribution in [-0.4, -0.2) is 37.1 Å². The number of anilines is 1. The SMILES string of the molecule is COc1cccc(N)c1-c1nnnn1-c1cn(C)nc1C. The summed E-state index contributed by atoms with van der Waals surface area (Å²) in [4.78, 5) is 0. The number of hydrogen-bond acceptors (Lipinski definition) is 6. The topological polar surface area (TPSA) is 96.7 Å². The van der Waals surface area contributed by atoms with E-state index < -0.39 is 0 Å². The summed E-state index contributed by atoms with van der Waals surface area (Å²) in [5.74, 6) is 1.13. The molecule has 0 saturated carbocycles. The lowest BCUT2D eigenvalue weighted by molar-refractivity contribution is 0.416. The molecular weight excluding hydrogens is 270 g/mol. The molecule has 0 spiro atoms. The van der Waals surface area contributed by atoms with Crippen LogP contribution in [0, 0.1) is 6.92 Å². The number of methoxy groups -OCH3 is 1. The molecule has 0 fully saturated rings. The summed E-state index contributed by atoms with van der Waals surface area (Å²) in [6, 6.07) is 5.43. The van der Waals surface area contributed by atoms with Crippen molar-refractivity contribution in [2.24, 2.45) is 7.05 Å². The summed E-state index contributed by atoms with van der Waals surface area (Å²) in [6.45, 7) is 1.90. The highest BCUT2D eigenvalue weighted by molar-refractivity contribution is 5.78. The molecule has 2 N–H and O–H groups in total. The Morgan fingerprint density at radius 3 is 2.76 bits per heavy atom. The maximum Gasteiger partial charge on any atom is 0.193 e. The van der Waals surface area contributed by atoms with Crippen LogP contribution < -0.4 is 10.5 Å². The number of rotatable bonds is 3. The van der Waals surface area contributed by atoms with Gasteiger partial charge in [0.25, 0.3) is 0 Å². The largest absolute Gasteiger partial charge is 0.496 e. The molecule has 8 heteroatoms. The van der Waals surface area contributed by atoms with Crippen LogP contribution in [0.15, 0.2) is 24.4 Å². The number of nitrogens with two attached hydrogens (primary N) is 1. The van der Waals surface area contributed by atoms with Crippen molar-refractivity contribution >= 4 is 5.69 Å². The summed E-state index contributed by atoms with van der Waals surface area (Å²) < 4.78 is 8.68. The third-order valence-electron chi connectivity index (χ3n) is 3.19. The third-order valence-corrected chi connectivity index (χ3v) is 3.19. The van der Waals surface area contributed by atoms with Crippen LogP contribution in [0.4, 0.5) is 5.69 Å². The first-order valence-electron chi connectivity index (χ1n) is 6.33. The van der Waals surface area contributed by atoms with Gasteiger partial charge in [-0.05, 0) is 29.5 Å². The number of nitrogens with zero attached hydrogens (tertiary/aromatic N) is 6. The van der Waals surface area contributed by atoms with Crippen LogP contribution in [-0.2, 0) is 7.05 Å². The average molecular weight is 285 g/mol. The van der Waals surface area contributed by atoms with E-state index >= 15 is 0 Å². The lowest BCUT2D eigenvalue weighted by Gasteiger charge is -2.10. The predicted octanol–water partition coefficient (Wildman–Crippen LogP) is 0.962. The Hall–Kier alpha value is -2.90. The van der Waals surface area contributed by atoms with Crippen LogP contribution in [0.1, 0.15) is 5.69 Å². The van der Waals surface area contributed by atoms with Crippen molar-refractivity contribution in [3.05, 3.63) is 30.1 Å². The second kappa shape index (κ2) is 4.89. The number of nitrogen functional groups attached to an aromatic ring is 1. The highest BCUT2D eigenvalue weighted by Gasteiger charge is 2.20. The Bertz CT molecular complexity index is 790. The van der Waals surface area contributed by atoms with Crippen molar-refractivity contribution in [1.82, 2.24) is 30.0 Å². The average Bonchev–Trinajstić information content (AvgIpc) is 3.04. The first kappa shape index (κ1) is 13.1. The van der Waals surface area contributed by atoms with E-state index in [1.807, 2.05) is 32.3 Å². The third kappa shape index (κ3) is 2.10.